The maximum atomic E-state index is 8.39. The first-order valence-electron chi connectivity index (χ1n) is 5.02. The van der Waals surface area contributed by atoms with E-state index in [0.29, 0.717) is 0 Å². The SMILES string of the molecule is N#CCOc1ccc2c(c1)CCCC2. The Morgan fingerprint density at radius 1 is 1.21 bits per heavy atom. The van der Waals surface area contributed by atoms with Crippen LogP contribution in [0.1, 0.15) is 24.0 Å². The van der Waals surface area contributed by atoms with E-state index < -0.39 is 0 Å². The normalized spacial score (nSPS) is 14.2. The summed E-state index contributed by atoms with van der Waals surface area (Å²) < 4.78 is 5.26. The van der Waals surface area contributed by atoms with Gasteiger partial charge in [-0.25, -0.2) is 0 Å². The number of hydrogen-bond acceptors (Lipinski definition) is 2. The van der Waals surface area contributed by atoms with E-state index in [9.17, 15) is 0 Å². The van der Waals surface area contributed by atoms with Crippen molar-refractivity contribution in [3.63, 3.8) is 0 Å². The second-order valence-electron chi connectivity index (χ2n) is 3.58. The van der Waals surface area contributed by atoms with E-state index in [-0.39, 0.29) is 6.61 Å². The molecule has 0 saturated heterocycles. The first-order chi connectivity index (χ1) is 6.90. The first-order valence-corrected chi connectivity index (χ1v) is 5.02. The fraction of sp³-hybridized carbons (Fsp3) is 0.417. The Hall–Kier alpha value is -1.49. The molecule has 0 aromatic heterocycles. The maximum absolute atomic E-state index is 8.39. The molecule has 0 heterocycles. The summed E-state index contributed by atoms with van der Waals surface area (Å²) >= 11 is 0. The minimum Gasteiger partial charge on any atom is -0.479 e. The third-order valence-electron chi connectivity index (χ3n) is 2.62. The summed E-state index contributed by atoms with van der Waals surface area (Å²) in [6, 6.07) is 8.14. The molecule has 0 bridgehead atoms. The largest absolute Gasteiger partial charge is 0.479 e. The predicted octanol–water partition coefficient (Wildman–Crippen LogP) is 2.47. The molecule has 1 aromatic rings. The van der Waals surface area contributed by atoms with Crippen LogP contribution in [0.15, 0.2) is 18.2 Å². The topological polar surface area (TPSA) is 33.0 Å². The lowest BCUT2D eigenvalue weighted by Crippen LogP contribution is -2.03. The molecule has 72 valence electrons. The fourth-order valence-corrected chi connectivity index (χ4v) is 1.92. The quantitative estimate of drug-likeness (QED) is 0.712. The van der Waals surface area contributed by atoms with Crippen molar-refractivity contribution in [3.05, 3.63) is 29.3 Å². The smallest absolute Gasteiger partial charge is 0.174 e. The Morgan fingerprint density at radius 3 is 2.79 bits per heavy atom. The second kappa shape index (κ2) is 4.15. The molecule has 0 unspecified atom stereocenters. The number of hydrogen-bond donors (Lipinski definition) is 0. The van der Waals surface area contributed by atoms with Gasteiger partial charge in [0.1, 0.15) is 11.8 Å². The van der Waals surface area contributed by atoms with Crippen LogP contribution >= 0.6 is 0 Å². The van der Waals surface area contributed by atoms with Gasteiger partial charge in [0.05, 0.1) is 0 Å². The standard InChI is InChI=1S/C12H13NO/c13-7-8-14-12-6-5-10-3-1-2-4-11(10)9-12/h5-6,9H,1-4,8H2. The summed E-state index contributed by atoms with van der Waals surface area (Å²) in [5, 5.41) is 8.39. The van der Waals surface area contributed by atoms with Crippen molar-refractivity contribution in [1.82, 2.24) is 0 Å². The zero-order valence-corrected chi connectivity index (χ0v) is 8.12. The van der Waals surface area contributed by atoms with Gasteiger partial charge >= 0.3 is 0 Å². The molecule has 0 amide bonds. The number of nitrogens with zero attached hydrogens (tertiary/aromatic N) is 1. The van der Waals surface area contributed by atoms with Crippen LogP contribution in [0.3, 0.4) is 0 Å². The Kier molecular flexibility index (Phi) is 2.69. The van der Waals surface area contributed by atoms with Gasteiger partial charge in [-0.2, -0.15) is 5.26 Å². The van der Waals surface area contributed by atoms with E-state index in [4.69, 9.17) is 10.00 Å². The first kappa shape index (κ1) is 9.08. The minimum atomic E-state index is 0.138. The highest BCUT2D eigenvalue weighted by Crippen LogP contribution is 2.25. The molecule has 0 N–H and O–H groups in total. The summed E-state index contributed by atoms with van der Waals surface area (Å²) in [6.45, 7) is 0.138. The molecule has 0 radical (unpaired) electrons. The predicted molar refractivity (Wildman–Crippen MR) is 54.2 cm³/mol. The number of benzene rings is 1. The van der Waals surface area contributed by atoms with Gasteiger partial charge in [0.15, 0.2) is 6.61 Å². The number of aryl methyl sites for hydroxylation is 2. The molecule has 0 saturated carbocycles. The summed E-state index contributed by atoms with van der Waals surface area (Å²) in [7, 11) is 0. The van der Waals surface area contributed by atoms with Gasteiger partial charge in [-0.15, -0.1) is 0 Å². The second-order valence-corrected chi connectivity index (χ2v) is 3.58. The van der Waals surface area contributed by atoms with Crippen molar-refractivity contribution in [2.45, 2.75) is 25.7 Å². The average Bonchev–Trinajstić information content (AvgIpc) is 2.26. The molecule has 14 heavy (non-hydrogen) atoms. The van der Waals surface area contributed by atoms with Crippen LogP contribution in [-0.4, -0.2) is 6.61 Å². The lowest BCUT2D eigenvalue weighted by molar-refractivity contribution is 0.367. The van der Waals surface area contributed by atoms with E-state index in [1.165, 1.54) is 30.4 Å². The molecule has 1 aliphatic carbocycles. The van der Waals surface area contributed by atoms with Gasteiger partial charge in [-0.3, -0.25) is 0 Å². The minimum absolute atomic E-state index is 0.138. The molecular formula is C12H13NO. The summed E-state index contributed by atoms with van der Waals surface area (Å²) in [5.41, 5.74) is 2.84. The van der Waals surface area contributed by atoms with Crippen LogP contribution in [0.2, 0.25) is 0 Å². The van der Waals surface area contributed by atoms with Gasteiger partial charge in [0, 0.05) is 0 Å². The molecule has 2 heteroatoms. The monoisotopic (exact) mass is 187 g/mol. The highest BCUT2D eigenvalue weighted by atomic mass is 16.5. The Morgan fingerprint density at radius 2 is 2.00 bits per heavy atom. The number of ether oxygens (including phenoxy) is 1. The van der Waals surface area contributed by atoms with E-state index in [0.717, 1.165) is 12.2 Å². The van der Waals surface area contributed by atoms with Crippen molar-refractivity contribution in [1.29, 1.82) is 5.26 Å². The van der Waals surface area contributed by atoms with Gasteiger partial charge < -0.3 is 4.74 Å². The van der Waals surface area contributed by atoms with Crippen molar-refractivity contribution in [2.24, 2.45) is 0 Å². The summed E-state index contributed by atoms with van der Waals surface area (Å²) in [4.78, 5) is 0. The molecule has 2 rings (SSSR count). The molecule has 0 atom stereocenters. The van der Waals surface area contributed by atoms with Crippen LogP contribution in [0.5, 0.6) is 5.75 Å². The Bertz CT molecular complexity index is 365. The Labute approximate surface area is 84.1 Å². The van der Waals surface area contributed by atoms with Crippen molar-refractivity contribution < 1.29 is 4.74 Å². The molecule has 0 fully saturated rings. The maximum Gasteiger partial charge on any atom is 0.174 e. The van der Waals surface area contributed by atoms with Crippen LogP contribution in [0, 0.1) is 11.3 Å². The van der Waals surface area contributed by atoms with Crippen molar-refractivity contribution in [2.75, 3.05) is 6.61 Å². The van der Waals surface area contributed by atoms with Gasteiger partial charge in [0.25, 0.3) is 0 Å². The third kappa shape index (κ3) is 1.88. The zero-order valence-electron chi connectivity index (χ0n) is 8.12. The highest BCUT2D eigenvalue weighted by molar-refractivity contribution is 5.37. The van der Waals surface area contributed by atoms with E-state index in [1.54, 1.807) is 0 Å². The van der Waals surface area contributed by atoms with Gasteiger partial charge in [-0.1, -0.05) is 6.07 Å². The average molecular weight is 187 g/mol. The lowest BCUT2D eigenvalue weighted by atomic mass is 9.92. The van der Waals surface area contributed by atoms with E-state index >= 15 is 0 Å². The van der Waals surface area contributed by atoms with Crippen molar-refractivity contribution >= 4 is 0 Å². The molecule has 2 nitrogen and oxygen atoms in total. The van der Waals surface area contributed by atoms with Gasteiger partial charge in [-0.05, 0) is 48.9 Å². The van der Waals surface area contributed by atoms with E-state index in [2.05, 4.69) is 12.1 Å². The highest BCUT2D eigenvalue weighted by Gasteiger charge is 2.09. The van der Waals surface area contributed by atoms with E-state index in [1.807, 2.05) is 12.1 Å². The lowest BCUT2D eigenvalue weighted by Gasteiger charge is -2.16. The molecule has 0 aliphatic heterocycles. The molecular weight excluding hydrogens is 174 g/mol. The third-order valence-corrected chi connectivity index (χ3v) is 2.62. The molecule has 1 aliphatic rings. The van der Waals surface area contributed by atoms with Crippen LogP contribution in [0.4, 0.5) is 0 Å². The van der Waals surface area contributed by atoms with Crippen molar-refractivity contribution in [3.8, 4) is 11.8 Å². The zero-order chi connectivity index (χ0) is 9.80. The fourth-order valence-electron chi connectivity index (χ4n) is 1.92. The number of fused-ring (bicyclic) bond motifs is 1. The summed E-state index contributed by atoms with van der Waals surface area (Å²) in [6.07, 6.45) is 4.91. The number of rotatable bonds is 2. The molecule has 0 spiro atoms. The number of nitriles is 1. The van der Waals surface area contributed by atoms with Gasteiger partial charge in [0.2, 0.25) is 0 Å². The van der Waals surface area contributed by atoms with Crippen LogP contribution in [-0.2, 0) is 12.8 Å². The Balaban J connectivity index is 2.17. The van der Waals surface area contributed by atoms with Crippen LogP contribution < -0.4 is 4.74 Å². The van der Waals surface area contributed by atoms with Crippen LogP contribution in [0.25, 0.3) is 0 Å². The molecule has 1 aromatic carbocycles. The summed E-state index contributed by atoms with van der Waals surface area (Å²) in [5.74, 6) is 0.826.